The number of amides is 1. The van der Waals surface area contributed by atoms with E-state index in [-0.39, 0.29) is 17.6 Å². The molecule has 1 fully saturated rings. The molecule has 0 spiro atoms. The molecule has 118 valence electrons. The fourth-order valence-electron chi connectivity index (χ4n) is 3.06. The molecule has 7 heteroatoms. The quantitative estimate of drug-likeness (QED) is 0.847. The fraction of sp³-hybridized carbons (Fsp3) is 0.533. The maximum absolute atomic E-state index is 12.4. The summed E-state index contributed by atoms with van der Waals surface area (Å²) in [6, 6.07) is 4.00. The number of hydrogen-bond acceptors (Lipinski definition) is 4. The summed E-state index contributed by atoms with van der Waals surface area (Å²) in [5.74, 6) is 0.845. The van der Waals surface area contributed by atoms with Crippen LogP contribution in [0.4, 0.5) is 0 Å². The molecule has 1 saturated heterocycles. The molecule has 1 amide bonds. The Bertz CT molecular complexity index is 750. The maximum atomic E-state index is 12.4. The van der Waals surface area contributed by atoms with E-state index in [0.717, 1.165) is 28.4 Å². The molecule has 0 N–H and O–H groups in total. The van der Waals surface area contributed by atoms with Gasteiger partial charge in [-0.1, -0.05) is 0 Å². The van der Waals surface area contributed by atoms with Crippen molar-refractivity contribution in [2.24, 2.45) is 7.05 Å². The lowest BCUT2D eigenvalue weighted by molar-refractivity contribution is 0.0697. The van der Waals surface area contributed by atoms with E-state index in [1.165, 1.54) is 16.0 Å². The number of carbonyl (C=O) groups excluding carboxylic acids is 1. The molecule has 22 heavy (non-hydrogen) atoms. The molecule has 3 rings (SSSR count). The van der Waals surface area contributed by atoms with Gasteiger partial charge in [0.05, 0.1) is 4.88 Å². The zero-order valence-electron chi connectivity index (χ0n) is 13.1. The summed E-state index contributed by atoms with van der Waals surface area (Å²) >= 11 is 1.54. The van der Waals surface area contributed by atoms with E-state index >= 15 is 0 Å². The molecule has 0 saturated carbocycles. The predicted molar refractivity (Wildman–Crippen MR) is 85.4 cm³/mol. The number of hydrogen-bond donors (Lipinski definition) is 0. The molecule has 0 aromatic carbocycles. The Morgan fingerprint density at radius 2 is 1.95 bits per heavy atom. The highest BCUT2D eigenvalue weighted by Crippen LogP contribution is 2.25. The summed E-state index contributed by atoms with van der Waals surface area (Å²) in [6.07, 6.45) is 1.59. The summed E-state index contributed by atoms with van der Waals surface area (Å²) < 4.78 is 3.14. The minimum atomic E-state index is -0.0730. The van der Waals surface area contributed by atoms with Gasteiger partial charge in [0.25, 0.3) is 5.91 Å². The van der Waals surface area contributed by atoms with Gasteiger partial charge in [-0.2, -0.15) is 5.10 Å². The van der Waals surface area contributed by atoms with Gasteiger partial charge in [-0.3, -0.25) is 9.36 Å². The third kappa shape index (κ3) is 2.61. The average molecular weight is 320 g/mol. The van der Waals surface area contributed by atoms with Gasteiger partial charge in [-0.05, 0) is 38.8 Å². The number of likely N-dealkylation sites (tertiary alicyclic amines) is 1. The lowest BCUT2D eigenvalue weighted by atomic mass is 10.0. The molecule has 6 nitrogen and oxygen atoms in total. The topological polar surface area (TPSA) is 60.1 Å². The highest BCUT2D eigenvalue weighted by molar-refractivity contribution is 7.13. The van der Waals surface area contributed by atoms with Crippen LogP contribution < -0.4 is 5.69 Å². The van der Waals surface area contributed by atoms with Crippen molar-refractivity contribution in [1.82, 2.24) is 19.2 Å². The average Bonchev–Trinajstić information content (AvgIpc) is 3.03. The van der Waals surface area contributed by atoms with Crippen LogP contribution in [0.2, 0.25) is 0 Å². The first-order chi connectivity index (χ1) is 10.5. The molecule has 0 bridgehead atoms. The van der Waals surface area contributed by atoms with Crippen LogP contribution in [0.25, 0.3) is 0 Å². The van der Waals surface area contributed by atoms with Crippen molar-refractivity contribution < 1.29 is 4.79 Å². The van der Waals surface area contributed by atoms with E-state index in [4.69, 9.17) is 0 Å². The van der Waals surface area contributed by atoms with Crippen LogP contribution >= 0.6 is 11.3 Å². The Hall–Kier alpha value is -1.89. The van der Waals surface area contributed by atoms with E-state index in [1.807, 2.05) is 30.9 Å². The molecule has 1 aliphatic heterocycles. The predicted octanol–water partition coefficient (Wildman–Crippen LogP) is 1.74. The minimum Gasteiger partial charge on any atom is -0.338 e. The standard InChI is InChI=1S/C15H20N4O2S/c1-10-4-5-13(22-10)14(20)18-8-6-12(7-9-18)19-11(2)16-17(3)15(19)21/h4-5,12H,6-9H2,1-3H3. The zero-order chi connectivity index (χ0) is 15.9. The maximum Gasteiger partial charge on any atom is 0.345 e. The third-order valence-corrected chi connectivity index (χ3v) is 5.18. The number of aromatic nitrogens is 3. The van der Waals surface area contributed by atoms with Gasteiger partial charge >= 0.3 is 5.69 Å². The Morgan fingerprint density at radius 1 is 1.27 bits per heavy atom. The second kappa shape index (κ2) is 5.72. The van der Waals surface area contributed by atoms with Crippen LogP contribution in [-0.4, -0.2) is 38.2 Å². The van der Waals surface area contributed by atoms with Crippen molar-refractivity contribution in [3.63, 3.8) is 0 Å². The summed E-state index contributed by atoms with van der Waals surface area (Å²) in [6.45, 7) is 5.22. The van der Waals surface area contributed by atoms with Gasteiger partial charge in [0.1, 0.15) is 5.82 Å². The van der Waals surface area contributed by atoms with E-state index in [2.05, 4.69) is 5.10 Å². The molecule has 3 heterocycles. The Morgan fingerprint density at radius 3 is 2.45 bits per heavy atom. The number of nitrogens with zero attached hydrogens (tertiary/aromatic N) is 4. The number of aryl methyl sites for hydroxylation is 3. The van der Waals surface area contributed by atoms with Crippen LogP contribution in [0.15, 0.2) is 16.9 Å². The van der Waals surface area contributed by atoms with Gasteiger partial charge in [0, 0.05) is 31.1 Å². The largest absolute Gasteiger partial charge is 0.345 e. The first-order valence-corrected chi connectivity index (χ1v) is 8.27. The van der Waals surface area contributed by atoms with Crippen LogP contribution in [0.1, 0.15) is 39.3 Å². The van der Waals surface area contributed by atoms with E-state index in [1.54, 1.807) is 11.6 Å². The first kappa shape index (κ1) is 15.0. The van der Waals surface area contributed by atoms with E-state index < -0.39 is 0 Å². The monoisotopic (exact) mass is 320 g/mol. The van der Waals surface area contributed by atoms with Crippen molar-refractivity contribution in [2.75, 3.05) is 13.1 Å². The molecule has 0 unspecified atom stereocenters. The van der Waals surface area contributed by atoms with Crippen LogP contribution in [0.5, 0.6) is 0 Å². The van der Waals surface area contributed by atoms with Gasteiger partial charge in [0.2, 0.25) is 0 Å². The lowest BCUT2D eigenvalue weighted by Gasteiger charge is -2.32. The Kier molecular flexibility index (Phi) is 3.90. The lowest BCUT2D eigenvalue weighted by Crippen LogP contribution is -2.40. The van der Waals surface area contributed by atoms with Crippen molar-refractivity contribution in [3.8, 4) is 0 Å². The Labute approximate surface area is 133 Å². The van der Waals surface area contributed by atoms with Crippen LogP contribution in [0.3, 0.4) is 0 Å². The smallest absolute Gasteiger partial charge is 0.338 e. The SMILES string of the molecule is Cc1ccc(C(=O)N2CCC(n3c(C)nn(C)c3=O)CC2)s1. The van der Waals surface area contributed by atoms with Crippen LogP contribution in [-0.2, 0) is 7.05 Å². The second-order valence-electron chi connectivity index (χ2n) is 5.76. The molecule has 2 aromatic heterocycles. The number of thiophene rings is 1. The van der Waals surface area contributed by atoms with E-state index in [0.29, 0.717) is 13.1 Å². The number of piperidine rings is 1. The van der Waals surface area contributed by atoms with Gasteiger partial charge in [-0.15, -0.1) is 11.3 Å². The number of rotatable bonds is 2. The molecular weight excluding hydrogens is 300 g/mol. The highest BCUT2D eigenvalue weighted by Gasteiger charge is 2.27. The molecule has 0 radical (unpaired) electrons. The van der Waals surface area contributed by atoms with Crippen molar-refractivity contribution in [1.29, 1.82) is 0 Å². The molecule has 0 aliphatic carbocycles. The Balaban J connectivity index is 1.70. The summed E-state index contributed by atoms with van der Waals surface area (Å²) in [7, 11) is 1.67. The summed E-state index contributed by atoms with van der Waals surface area (Å²) in [5, 5.41) is 4.18. The number of carbonyl (C=O) groups is 1. The minimum absolute atomic E-state index is 0.0730. The zero-order valence-corrected chi connectivity index (χ0v) is 13.9. The van der Waals surface area contributed by atoms with Crippen LogP contribution in [0, 0.1) is 13.8 Å². The van der Waals surface area contributed by atoms with E-state index in [9.17, 15) is 9.59 Å². The first-order valence-electron chi connectivity index (χ1n) is 7.45. The van der Waals surface area contributed by atoms with Crippen molar-refractivity contribution in [2.45, 2.75) is 32.7 Å². The molecular formula is C15H20N4O2S. The normalized spacial score (nSPS) is 16.2. The highest BCUT2D eigenvalue weighted by atomic mass is 32.1. The summed E-state index contributed by atoms with van der Waals surface area (Å²) in [4.78, 5) is 28.4. The van der Waals surface area contributed by atoms with Gasteiger partial charge < -0.3 is 4.90 Å². The van der Waals surface area contributed by atoms with Crippen molar-refractivity contribution >= 4 is 17.2 Å². The molecule has 0 atom stereocenters. The van der Waals surface area contributed by atoms with Gasteiger partial charge in [0.15, 0.2) is 0 Å². The second-order valence-corrected chi connectivity index (χ2v) is 7.04. The third-order valence-electron chi connectivity index (χ3n) is 4.19. The van der Waals surface area contributed by atoms with Gasteiger partial charge in [-0.25, -0.2) is 9.48 Å². The molecule has 2 aromatic rings. The van der Waals surface area contributed by atoms with Crippen molar-refractivity contribution in [3.05, 3.63) is 38.2 Å². The molecule has 1 aliphatic rings. The summed E-state index contributed by atoms with van der Waals surface area (Å²) in [5.41, 5.74) is -0.0730. The fourth-order valence-corrected chi connectivity index (χ4v) is 3.89.